The normalized spacial score (nSPS) is 9.69. The molecule has 0 atom stereocenters. The van der Waals surface area contributed by atoms with Crippen LogP contribution in [0.4, 0.5) is 0 Å². The third kappa shape index (κ3) is 3.19. The quantitative estimate of drug-likeness (QED) is 0.635. The smallest absolute Gasteiger partial charge is 0.207 e. The molecule has 0 aromatic heterocycles. The third-order valence-corrected chi connectivity index (χ3v) is 2.42. The average molecular weight is 242 g/mol. The van der Waals surface area contributed by atoms with E-state index in [1.165, 1.54) is 11.1 Å². The molecule has 1 aromatic rings. The third-order valence-electron chi connectivity index (χ3n) is 1.93. The van der Waals surface area contributed by atoms with Crippen molar-refractivity contribution in [1.82, 2.24) is 5.32 Å². The molecule has 0 saturated carbocycles. The summed E-state index contributed by atoms with van der Waals surface area (Å²) in [6.45, 7) is 2.77. The van der Waals surface area contributed by atoms with Crippen molar-refractivity contribution in [3.63, 3.8) is 0 Å². The monoisotopic (exact) mass is 241 g/mol. The van der Waals surface area contributed by atoms with Crippen LogP contribution in [0.3, 0.4) is 0 Å². The number of benzene rings is 1. The number of carbonyl (C=O) groups is 1. The fourth-order valence-corrected chi connectivity index (χ4v) is 1.68. The van der Waals surface area contributed by atoms with E-state index >= 15 is 0 Å². The van der Waals surface area contributed by atoms with Crippen LogP contribution in [-0.4, -0.2) is 13.0 Å². The Bertz CT molecular complexity index is 299. The second kappa shape index (κ2) is 5.02. The summed E-state index contributed by atoms with van der Waals surface area (Å²) in [6.07, 6.45) is 1.62. The van der Waals surface area contributed by atoms with Gasteiger partial charge in [0.25, 0.3) is 0 Å². The van der Waals surface area contributed by atoms with E-state index in [4.69, 9.17) is 0 Å². The Morgan fingerprint density at radius 3 is 2.92 bits per heavy atom. The van der Waals surface area contributed by atoms with Crippen molar-refractivity contribution in [3.8, 4) is 0 Å². The highest BCUT2D eigenvalue weighted by molar-refractivity contribution is 9.10. The van der Waals surface area contributed by atoms with Gasteiger partial charge in [0.15, 0.2) is 0 Å². The van der Waals surface area contributed by atoms with Gasteiger partial charge in [0, 0.05) is 11.0 Å². The number of hydrogen-bond donors (Lipinski definition) is 1. The molecule has 0 fully saturated rings. The van der Waals surface area contributed by atoms with Crippen LogP contribution in [0.25, 0.3) is 0 Å². The summed E-state index contributed by atoms with van der Waals surface area (Å²) in [7, 11) is 0. The van der Waals surface area contributed by atoms with E-state index in [-0.39, 0.29) is 0 Å². The van der Waals surface area contributed by atoms with Gasteiger partial charge in [0.05, 0.1) is 0 Å². The molecule has 0 aliphatic carbocycles. The molecule has 2 nitrogen and oxygen atoms in total. The molecule has 0 unspecified atom stereocenters. The molecule has 0 heterocycles. The predicted octanol–water partition coefficient (Wildman–Crippen LogP) is 2.05. The number of nitrogens with one attached hydrogen (secondary N) is 1. The molecule has 1 rings (SSSR count). The largest absolute Gasteiger partial charge is 0.358 e. The molecular formula is C10H12BrNO. The van der Waals surface area contributed by atoms with E-state index < -0.39 is 0 Å². The second-order valence-electron chi connectivity index (χ2n) is 2.89. The summed E-state index contributed by atoms with van der Waals surface area (Å²) in [6, 6.07) is 6.17. The van der Waals surface area contributed by atoms with E-state index in [0.717, 1.165) is 17.3 Å². The zero-order valence-corrected chi connectivity index (χ0v) is 9.10. The minimum absolute atomic E-state index is 0.700. The van der Waals surface area contributed by atoms with Crippen LogP contribution in [0.15, 0.2) is 22.7 Å². The summed E-state index contributed by atoms with van der Waals surface area (Å²) < 4.78 is 1.09. The second-order valence-corrected chi connectivity index (χ2v) is 3.81. The first-order chi connectivity index (χ1) is 6.24. The van der Waals surface area contributed by atoms with Gasteiger partial charge in [-0.2, -0.15) is 0 Å². The lowest BCUT2D eigenvalue weighted by molar-refractivity contribution is -0.109. The van der Waals surface area contributed by atoms with Gasteiger partial charge in [-0.1, -0.05) is 22.0 Å². The Kier molecular flexibility index (Phi) is 3.96. The first kappa shape index (κ1) is 10.3. The first-order valence-corrected chi connectivity index (χ1v) is 4.95. The Hall–Kier alpha value is -0.830. The lowest BCUT2D eigenvalue weighted by Gasteiger charge is -2.05. The Labute approximate surface area is 86.5 Å². The van der Waals surface area contributed by atoms with Crippen LogP contribution < -0.4 is 5.32 Å². The standard InChI is InChI=1S/C10H12BrNO/c1-8-6-10(11)3-2-9(8)4-5-12-7-13/h2-3,6-7H,4-5H2,1H3,(H,12,13). The highest BCUT2D eigenvalue weighted by Gasteiger charge is 1.97. The van der Waals surface area contributed by atoms with Gasteiger partial charge in [-0.25, -0.2) is 0 Å². The number of hydrogen-bond acceptors (Lipinski definition) is 1. The summed E-state index contributed by atoms with van der Waals surface area (Å²) in [4.78, 5) is 10.0. The van der Waals surface area contributed by atoms with Crippen molar-refractivity contribution >= 4 is 22.3 Å². The Morgan fingerprint density at radius 2 is 2.31 bits per heavy atom. The number of halogens is 1. The van der Waals surface area contributed by atoms with Crippen LogP contribution in [-0.2, 0) is 11.2 Å². The fraction of sp³-hybridized carbons (Fsp3) is 0.300. The van der Waals surface area contributed by atoms with Crippen molar-refractivity contribution < 1.29 is 4.79 Å². The predicted molar refractivity (Wildman–Crippen MR) is 56.6 cm³/mol. The molecule has 1 aromatic carbocycles. The molecule has 13 heavy (non-hydrogen) atoms. The zero-order valence-electron chi connectivity index (χ0n) is 7.51. The molecular weight excluding hydrogens is 230 g/mol. The van der Waals surface area contributed by atoms with E-state index in [0.29, 0.717) is 6.54 Å². The Morgan fingerprint density at radius 1 is 1.54 bits per heavy atom. The van der Waals surface area contributed by atoms with Gasteiger partial charge in [-0.05, 0) is 36.6 Å². The van der Waals surface area contributed by atoms with Crippen molar-refractivity contribution in [1.29, 1.82) is 0 Å². The molecule has 3 heteroatoms. The SMILES string of the molecule is Cc1cc(Br)ccc1CCNC=O. The van der Waals surface area contributed by atoms with Gasteiger partial charge >= 0.3 is 0 Å². The van der Waals surface area contributed by atoms with E-state index in [9.17, 15) is 4.79 Å². The van der Waals surface area contributed by atoms with Crippen molar-refractivity contribution in [3.05, 3.63) is 33.8 Å². The lowest BCUT2D eigenvalue weighted by atomic mass is 10.1. The van der Waals surface area contributed by atoms with Crippen LogP contribution in [0.5, 0.6) is 0 Å². The van der Waals surface area contributed by atoms with E-state index in [2.05, 4.69) is 40.3 Å². The summed E-state index contributed by atoms with van der Waals surface area (Å²) in [5, 5.41) is 2.65. The van der Waals surface area contributed by atoms with Gasteiger partial charge in [-0.15, -0.1) is 0 Å². The van der Waals surface area contributed by atoms with Crippen molar-refractivity contribution in [2.75, 3.05) is 6.54 Å². The molecule has 0 saturated heterocycles. The highest BCUT2D eigenvalue weighted by Crippen LogP contribution is 2.15. The zero-order chi connectivity index (χ0) is 9.68. The maximum Gasteiger partial charge on any atom is 0.207 e. The maximum atomic E-state index is 10.0. The van der Waals surface area contributed by atoms with Crippen molar-refractivity contribution in [2.24, 2.45) is 0 Å². The molecule has 0 aliphatic rings. The van der Waals surface area contributed by atoms with Gasteiger partial charge in [-0.3, -0.25) is 4.79 Å². The number of amides is 1. The first-order valence-electron chi connectivity index (χ1n) is 4.16. The number of carbonyl (C=O) groups excluding carboxylic acids is 1. The highest BCUT2D eigenvalue weighted by atomic mass is 79.9. The molecule has 0 aliphatic heterocycles. The molecule has 0 spiro atoms. The molecule has 1 N–H and O–H groups in total. The lowest BCUT2D eigenvalue weighted by Crippen LogP contribution is -2.14. The molecule has 70 valence electrons. The van der Waals surface area contributed by atoms with Crippen LogP contribution in [0.1, 0.15) is 11.1 Å². The molecule has 0 bridgehead atoms. The van der Waals surface area contributed by atoms with E-state index in [1.54, 1.807) is 0 Å². The maximum absolute atomic E-state index is 10.0. The summed E-state index contributed by atoms with van der Waals surface area (Å²) in [5.41, 5.74) is 2.53. The van der Waals surface area contributed by atoms with Gasteiger partial charge in [0.1, 0.15) is 0 Å². The Balaban J connectivity index is 2.61. The van der Waals surface area contributed by atoms with Crippen LogP contribution in [0.2, 0.25) is 0 Å². The summed E-state index contributed by atoms with van der Waals surface area (Å²) >= 11 is 3.41. The van der Waals surface area contributed by atoms with Crippen LogP contribution >= 0.6 is 15.9 Å². The number of aryl methyl sites for hydroxylation is 1. The van der Waals surface area contributed by atoms with Crippen molar-refractivity contribution in [2.45, 2.75) is 13.3 Å². The van der Waals surface area contributed by atoms with E-state index in [1.807, 2.05) is 6.07 Å². The summed E-state index contributed by atoms with van der Waals surface area (Å²) in [5.74, 6) is 0. The fourth-order valence-electron chi connectivity index (χ4n) is 1.21. The van der Waals surface area contributed by atoms with Gasteiger partial charge < -0.3 is 5.32 Å². The molecule has 1 amide bonds. The number of rotatable bonds is 4. The molecule has 0 radical (unpaired) electrons. The minimum atomic E-state index is 0.700. The van der Waals surface area contributed by atoms with Crippen LogP contribution in [0, 0.1) is 6.92 Å². The minimum Gasteiger partial charge on any atom is -0.358 e. The van der Waals surface area contributed by atoms with Gasteiger partial charge in [0.2, 0.25) is 6.41 Å². The topological polar surface area (TPSA) is 29.1 Å². The average Bonchev–Trinajstić information content (AvgIpc) is 2.09.